The Morgan fingerprint density at radius 2 is 1.83 bits per heavy atom. The van der Waals surface area contributed by atoms with E-state index >= 15 is 0 Å². The van der Waals surface area contributed by atoms with Crippen LogP contribution in [0.5, 0.6) is 5.75 Å². The average Bonchev–Trinajstić information content (AvgIpc) is 2.56. The van der Waals surface area contributed by atoms with Gasteiger partial charge in [0.1, 0.15) is 5.75 Å². The Hall–Kier alpha value is -2.34. The molecular weight excluding hydrogens is 374 g/mol. The first-order chi connectivity index (χ1) is 11.5. The fraction of sp³-hybridized carbons (Fsp3) is 0.222. The lowest BCUT2D eigenvalue weighted by molar-refractivity contribution is -0.118. The molecule has 0 bridgehead atoms. The van der Waals surface area contributed by atoms with Crippen molar-refractivity contribution >= 4 is 33.5 Å². The van der Waals surface area contributed by atoms with Gasteiger partial charge in [0.25, 0.3) is 5.91 Å². The first-order valence-electron chi connectivity index (χ1n) is 7.46. The average molecular weight is 392 g/mol. The van der Waals surface area contributed by atoms with Crippen LogP contribution in [0, 0.1) is 6.92 Å². The normalized spacial score (nSPS) is 10.1. The molecule has 6 heteroatoms. The largest absolute Gasteiger partial charge is 0.484 e. The Labute approximate surface area is 149 Å². The molecule has 1 N–H and O–H groups in total. The van der Waals surface area contributed by atoms with Crippen LogP contribution in [0.25, 0.3) is 0 Å². The summed E-state index contributed by atoms with van der Waals surface area (Å²) in [5.74, 6) is -0.107. The van der Waals surface area contributed by atoms with Gasteiger partial charge in [-0.05, 0) is 55.8 Å². The second-order valence-electron chi connectivity index (χ2n) is 4.99. The number of amides is 1. The van der Waals surface area contributed by atoms with Crippen molar-refractivity contribution in [3.05, 3.63) is 58.1 Å². The maximum atomic E-state index is 12.1. The Balaban J connectivity index is 1.99. The number of rotatable bonds is 6. The molecule has 0 radical (unpaired) electrons. The summed E-state index contributed by atoms with van der Waals surface area (Å²) in [6.07, 6.45) is 0. The molecule has 5 nitrogen and oxygen atoms in total. The highest BCUT2D eigenvalue weighted by molar-refractivity contribution is 9.10. The van der Waals surface area contributed by atoms with Crippen LogP contribution in [0.4, 0.5) is 5.69 Å². The zero-order valence-electron chi connectivity index (χ0n) is 13.5. The van der Waals surface area contributed by atoms with Crippen LogP contribution in [0.15, 0.2) is 46.9 Å². The molecule has 24 heavy (non-hydrogen) atoms. The van der Waals surface area contributed by atoms with Gasteiger partial charge >= 0.3 is 5.97 Å². The molecule has 2 rings (SSSR count). The monoisotopic (exact) mass is 391 g/mol. The molecule has 0 atom stereocenters. The summed E-state index contributed by atoms with van der Waals surface area (Å²) in [6, 6.07) is 12.3. The second-order valence-corrected chi connectivity index (χ2v) is 5.91. The number of esters is 1. The molecule has 0 spiro atoms. The van der Waals surface area contributed by atoms with Crippen LogP contribution >= 0.6 is 15.9 Å². The van der Waals surface area contributed by atoms with Gasteiger partial charge in [0.05, 0.1) is 12.2 Å². The number of carbonyl (C=O) groups excluding carboxylic acids is 2. The highest BCUT2D eigenvalue weighted by Crippen LogP contribution is 2.20. The molecule has 126 valence electrons. The van der Waals surface area contributed by atoms with Gasteiger partial charge in [-0.15, -0.1) is 0 Å². The first kappa shape index (κ1) is 18.0. The molecule has 0 unspecified atom stereocenters. The third-order valence-corrected chi connectivity index (χ3v) is 3.82. The quantitative estimate of drug-likeness (QED) is 0.757. The van der Waals surface area contributed by atoms with E-state index in [9.17, 15) is 9.59 Å². The smallest absolute Gasteiger partial charge is 0.338 e. The highest BCUT2D eigenvalue weighted by Gasteiger charge is 2.14. The molecule has 0 heterocycles. The molecule has 0 aliphatic carbocycles. The number of ether oxygens (including phenoxy) is 2. The van der Waals surface area contributed by atoms with E-state index in [1.807, 2.05) is 12.1 Å². The standard InChI is InChI=1S/C18H18BrNO4/c1-3-23-18(22)15-5-4-6-16(12(15)2)20-17(21)11-24-14-9-7-13(19)8-10-14/h4-10H,3,11H2,1-2H3,(H,20,21). The Bertz CT molecular complexity index is 728. The molecule has 0 fully saturated rings. The summed E-state index contributed by atoms with van der Waals surface area (Å²) >= 11 is 3.33. The Morgan fingerprint density at radius 3 is 2.50 bits per heavy atom. The van der Waals surface area contributed by atoms with E-state index in [0.29, 0.717) is 29.2 Å². The van der Waals surface area contributed by atoms with Gasteiger partial charge in [-0.1, -0.05) is 22.0 Å². The summed E-state index contributed by atoms with van der Waals surface area (Å²) in [5, 5.41) is 2.75. The van der Waals surface area contributed by atoms with Crippen LogP contribution in [-0.2, 0) is 9.53 Å². The SMILES string of the molecule is CCOC(=O)c1cccc(NC(=O)COc2ccc(Br)cc2)c1C. The third-order valence-electron chi connectivity index (χ3n) is 3.29. The lowest BCUT2D eigenvalue weighted by Gasteiger charge is -2.12. The van der Waals surface area contributed by atoms with Crippen LogP contribution in [0.3, 0.4) is 0 Å². The van der Waals surface area contributed by atoms with Crippen LogP contribution in [0.1, 0.15) is 22.8 Å². The number of hydrogen-bond donors (Lipinski definition) is 1. The molecular formula is C18H18BrNO4. The van der Waals surface area contributed by atoms with E-state index in [1.54, 1.807) is 44.2 Å². The molecule has 0 aromatic heterocycles. The van der Waals surface area contributed by atoms with E-state index in [4.69, 9.17) is 9.47 Å². The minimum absolute atomic E-state index is 0.120. The number of benzene rings is 2. The molecule has 0 aliphatic heterocycles. The number of anilines is 1. The van der Waals surface area contributed by atoms with Gasteiger partial charge in [0.2, 0.25) is 0 Å². The van der Waals surface area contributed by atoms with Gasteiger partial charge in [-0.2, -0.15) is 0 Å². The third kappa shape index (κ3) is 4.83. The number of halogens is 1. The van der Waals surface area contributed by atoms with Crippen molar-refractivity contribution in [1.29, 1.82) is 0 Å². The van der Waals surface area contributed by atoms with Gasteiger partial charge in [0, 0.05) is 10.2 Å². The molecule has 0 saturated carbocycles. The lowest BCUT2D eigenvalue weighted by Crippen LogP contribution is -2.21. The van der Waals surface area contributed by atoms with Crippen molar-refractivity contribution in [2.45, 2.75) is 13.8 Å². The minimum atomic E-state index is -0.405. The predicted molar refractivity (Wildman–Crippen MR) is 95.4 cm³/mol. The van der Waals surface area contributed by atoms with E-state index in [-0.39, 0.29) is 12.5 Å². The van der Waals surface area contributed by atoms with Crippen molar-refractivity contribution < 1.29 is 19.1 Å². The lowest BCUT2D eigenvalue weighted by atomic mass is 10.1. The highest BCUT2D eigenvalue weighted by atomic mass is 79.9. The summed E-state index contributed by atoms with van der Waals surface area (Å²) < 4.78 is 11.4. The van der Waals surface area contributed by atoms with Crippen LogP contribution in [0.2, 0.25) is 0 Å². The Morgan fingerprint density at radius 1 is 1.12 bits per heavy atom. The number of carbonyl (C=O) groups is 2. The van der Waals surface area contributed by atoms with Crippen molar-refractivity contribution in [2.75, 3.05) is 18.5 Å². The second kappa shape index (κ2) is 8.49. The molecule has 2 aromatic rings. The summed E-state index contributed by atoms with van der Waals surface area (Å²) in [6.45, 7) is 3.69. The first-order valence-corrected chi connectivity index (χ1v) is 8.25. The van der Waals surface area contributed by atoms with E-state index < -0.39 is 5.97 Å². The molecule has 0 saturated heterocycles. The van der Waals surface area contributed by atoms with E-state index in [2.05, 4.69) is 21.2 Å². The van der Waals surface area contributed by atoms with Gasteiger partial charge in [-0.3, -0.25) is 4.79 Å². The van der Waals surface area contributed by atoms with Gasteiger partial charge in [0.15, 0.2) is 6.61 Å². The zero-order chi connectivity index (χ0) is 17.5. The Kier molecular flexibility index (Phi) is 6.37. The maximum absolute atomic E-state index is 12.1. The van der Waals surface area contributed by atoms with Crippen molar-refractivity contribution in [3.63, 3.8) is 0 Å². The topological polar surface area (TPSA) is 64.6 Å². The molecule has 0 aliphatic rings. The van der Waals surface area contributed by atoms with Crippen molar-refractivity contribution in [2.24, 2.45) is 0 Å². The van der Waals surface area contributed by atoms with E-state index in [0.717, 1.165) is 4.47 Å². The van der Waals surface area contributed by atoms with Crippen molar-refractivity contribution in [3.8, 4) is 5.75 Å². The van der Waals surface area contributed by atoms with Crippen LogP contribution in [-0.4, -0.2) is 25.1 Å². The van der Waals surface area contributed by atoms with Crippen molar-refractivity contribution in [1.82, 2.24) is 0 Å². The number of nitrogens with one attached hydrogen (secondary N) is 1. The predicted octanol–water partition coefficient (Wildman–Crippen LogP) is 3.95. The maximum Gasteiger partial charge on any atom is 0.338 e. The fourth-order valence-electron chi connectivity index (χ4n) is 2.07. The fourth-order valence-corrected chi connectivity index (χ4v) is 2.33. The molecule has 2 aromatic carbocycles. The van der Waals surface area contributed by atoms with Gasteiger partial charge in [-0.25, -0.2) is 4.79 Å². The van der Waals surface area contributed by atoms with Gasteiger partial charge < -0.3 is 14.8 Å². The summed E-state index contributed by atoms with van der Waals surface area (Å²) in [5.41, 5.74) is 1.65. The summed E-state index contributed by atoms with van der Waals surface area (Å²) in [7, 11) is 0. The van der Waals surface area contributed by atoms with E-state index in [1.165, 1.54) is 0 Å². The van der Waals surface area contributed by atoms with Crippen LogP contribution < -0.4 is 10.1 Å². The summed E-state index contributed by atoms with van der Waals surface area (Å²) in [4.78, 5) is 23.9. The minimum Gasteiger partial charge on any atom is -0.484 e. The number of hydrogen-bond acceptors (Lipinski definition) is 4. The molecule has 1 amide bonds. The zero-order valence-corrected chi connectivity index (χ0v) is 15.1.